The zero-order valence-electron chi connectivity index (χ0n) is 16.0. The molecule has 0 saturated carbocycles. The molecule has 0 spiro atoms. The van der Waals surface area contributed by atoms with Crippen molar-refractivity contribution in [3.63, 3.8) is 0 Å². The third-order valence-corrected chi connectivity index (χ3v) is 4.56. The zero-order chi connectivity index (χ0) is 21.0. The van der Waals surface area contributed by atoms with Crippen LogP contribution in [0.5, 0.6) is 0 Å². The van der Waals surface area contributed by atoms with Crippen LogP contribution in [-0.4, -0.2) is 28.8 Å². The van der Waals surface area contributed by atoms with Gasteiger partial charge in [0.1, 0.15) is 5.82 Å². The highest BCUT2D eigenvalue weighted by Crippen LogP contribution is 2.20. The van der Waals surface area contributed by atoms with E-state index in [1.165, 1.54) is 36.1 Å². The first-order valence-electron chi connectivity index (χ1n) is 9.07. The number of ether oxygens (including phenoxy) is 1. The van der Waals surface area contributed by atoms with Crippen LogP contribution in [0, 0.1) is 5.82 Å². The maximum Gasteiger partial charge on any atom is 0.307 e. The van der Waals surface area contributed by atoms with Crippen molar-refractivity contribution in [3.8, 4) is 0 Å². The minimum absolute atomic E-state index is 0.0685. The van der Waals surface area contributed by atoms with Gasteiger partial charge in [-0.2, -0.15) is 5.10 Å². The molecule has 2 aromatic carbocycles. The van der Waals surface area contributed by atoms with Gasteiger partial charge in [0.25, 0.3) is 11.5 Å². The van der Waals surface area contributed by atoms with Gasteiger partial charge < -0.3 is 10.1 Å². The summed E-state index contributed by atoms with van der Waals surface area (Å²) < 4.78 is 19.2. The SMILES string of the molecule is CCn1nc(C(=O)N[C@H](CC(=O)OC)c2ccc(F)cc2)c2ccccc2c1=O. The van der Waals surface area contributed by atoms with Crippen LogP contribution < -0.4 is 10.9 Å². The highest BCUT2D eigenvalue weighted by Gasteiger charge is 2.23. The lowest BCUT2D eigenvalue weighted by Crippen LogP contribution is -2.34. The highest BCUT2D eigenvalue weighted by atomic mass is 19.1. The number of hydrogen-bond donors (Lipinski definition) is 1. The Labute approximate surface area is 166 Å². The topological polar surface area (TPSA) is 90.3 Å². The van der Waals surface area contributed by atoms with Gasteiger partial charge in [-0.05, 0) is 30.7 Å². The number of aryl methyl sites for hydroxylation is 1. The van der Waals surface area contributed by atoms with Crippen molar-refractivity contribution in [1.29, 1.82) is 0 Å². The number of fused-ring (bicyclic) bond motifs is 1. The summed E-state index contributed by atoms with van der Waals surface area (Å²) in [5.74, 6) is -1.52. The fourth-order valence-electron chi connectivity index (χ4n) is 3.04. The molecular formula is C21H20FN3O4. The van der Waals surface area contributed by atoms with Crippen LogP contribution in [0.3, 0.4) is 0 Å². The zero-order valence-corrected chi connectivity index (χ0v) is 16.0. The van der Waals surface area contributed by atoms with E-state index in [1.54, 1.807) is 31.2 Å². The Kier molecular flexibility index (Phi) is 6.01. The van der Waals surface area contributed by atoms with Crippen LogP contribution in [0.25, 0.3) is 10.8 Å². The Morgan fingerprint density at radius 2 is 1.79 bits per heavy atom. The highest BCUT2D eigenvalue weighted by molar-refractivity contribution is 6.05. The first-order chi connectivity index (χ1) is 13.9. The summed E-state index contributed by atoms with van der Waals surface area (Å²) in [6.45, 7) is 2.05. The van der Waals surface area contributed by atoms with Crippen LogP contribution in [0.1, 0.15) is 35.4 Å². The molecule has 0 aliphatic heterocycles. The molecule has 1 amide bonds. The van der Waals surface area contributed by atoms with Crippen LogP contribution in [-0.2, 0) is 16.1 Å². The van der Waals surface area contributed by atoms with E-state index < -0.39 is 23.7 Å². The lowest BCUT2D eigenvalue weighted by atomic mass is 10.0. The molecule has 1 N–H and O–H groups in total. The van der Waals surface area contributed by atoms with Crippen molar-refractivity contribution in [1.82, 2.24) is 15.1 Å². The third kappa shape index (κ3) is 4.31. The molecule has 0 fully saturated rings. The lowest BCUT2D eigenvalue weighted by Gasteiger charge is -2.19. The molecule has 8 heteroatoms. The van der Waals surface area contributed by atoms with Crippen molar-refractivity contribution in [3.05, 3.63) is 76.0 Å². The Bertz CT molecular complexity index is 1110. The molecule has 0 aliphatic rings. The number of benzene rings is 2. The first-order valence-corrected chi connectivity index (χ1v) is 9.07. The van der Waals surface area contributed by atoms with Gasteiger partial charge in [0.15, 0.2) is 5.69 Å². The van der Waals surface area contributed by atoms with Crippen LogP contribution in [0.15, 0.2) is 53.3 Å². The average Bonchev–Trinajstić information content (AvgIpc) is 2.74. The quantitative estimate of drug-likeness (QED) is 0.646. The number of halogens is 1. The molecule has 0 radical (unpaired) electrons. The number of hydrogen-bond acceptors (Lipinski definition) is 5. The second-order valence-electron chi connectivity index (χ2n) is 6.37. The fraction of sp³-hybridized carbons (Fsp3) is 0.238. The summed E-state index contributed by atoms with van der Waals surface area (Å²) in [6.07, 6.45) is -0.140. The Balaban J connectivity index is 2.01. The first kappa shape index (κ1) is 20.2. The van der Waals surface area contributed by atoms with E-state index in [2.05, 4.69) is 10.4 Å². The van der Waals surface area contributed by atoms with Gasteiger partial charge in [0.05, 0.1) is 25.0 Å². The van der Waals surface area contributed by atoms with Gasteiger partial charge in [-0.15, -0.1) is 0 Å². The predicted molar refractivity (Wildman–Crippen MR) is 105 cm³/mol. The van der Waals surface area contributed by atoms with Crippen LogP contribution >= 0.6 is 0 Å². The van der Waals surface area contributed by atoms with Crippen molar-refractivity contribution >= 4 is 22.6 Å². The number of carbonyl (C=O) groups is 2. The van der Waals surface area contributed by atoms with E-state index in [9.17, 15) is 18.8 Å². The molecule has 29 heavy (non-hydrogen) atoms. The molecule has 150 valence electrons. The second-order valence-corrected chi connectivity index (χ2v) is 6.37. The molecule has 0 unspecified atom stereocenters. The second kappa shape index (κ2) is 8.64. The van der Waals surface area contributed by atoms with E-state index >= 15 is 0 Å². The van der Waals surface area contributed by atoms with Crippen molar-refractivity contribution in [2.75, 3.05) is 7.11 Å². The molecule has 1 heterocycles. The fourth-order valence-corrected chi connectivity index (χ4v) is 3.04. The maximum absolute atomic E-state index is 13.3. The number of amides is 1. The number of methoxy groups -OCH3 is 1. The number of rotatable bonds is 6. The Morgan fingerprint density at radius 3 is 2.41 bits per heavy atom. The van der Waals surface area contributed by atoms with Gasteiger partial charge in [0, 0.05) is 11.9 Å². The molecule has 0 aliphatic carbocycles. The standard InChI is InChI=1S/C21H20FN3O4/c1-3-25-21(28)16-7-5-4-6-15(16)19(24-25)20(27)23-17(12-18(26)29-2)13-8-10-14(22)11-9-13/h4-11,17H,3,12H2,1-2H3,(H,23,27)/t17-/m1/s1. The largest absolute Gasteiger partial charge is 0.469 e. The Hall–Kier alpha value is -3.55. The van der Waals surface area contributed by atoms with E-state index in [0.717, 1.165) is 0 Å². The number of carbonyl (C=O) groups excluding carboxylic acids is 2. The summed E-state index contributed by atoms with van der Waals surface area (Å²) in [5.41, 5.74) is 0.321. The van der Waals surface area contributed by atoms with Crippen molar-refractivity contribution in [2.45, 2.75) is 25.9 Å². The van der Waals surface area contributed by atoms with Crippen LogP contribution in [0.4, 0.5) is 4.39 Å². The number of nitrogens with one attached hydrogen (secondary N) is 1. The molecular weight excluding hydrogens is 377 g/mol. The van der Waals surface area contributed by atoms with E-state index in [-0.39, 0.29) is 17.7 Å². The maximum atomic E-state index is 13.3. The van der Waals surface area contributed by atoms with E-state index in [4.69, 9.17) is 4.74 Å². The van der Waals surface area contributed by atoms with Crippen molar-refractivity contribution < 1.29 is 18.7 Å². The summed E-state index contributed by atoms with van der Waals surface area (Å²) in [5, 5.41) is 7.74. The summed E-state index contributed by atoms with van der Waals surface area (Å²) >= 11 is 0. The molecule has 3 rings (SSSR count). The summed E-state index contributed by atoms with van der Waals surface area (Å²) in [6, 6.07) is 11.4. The van der Waals surface area contributed by atoms with Crippen molar-refractivity contribution in [2.24, 2.45) is 0 Å². The minimum atomic E-state index is -0.752. The predicted octanol–water partition coefficient (Wildman–Crippen LogP) is 2.59. The van der Waals surface area contributed by atoms with E-state index in [0.29, 0.717) is 22.9 Å². The molecule has 1 aromatic heterocycles. The number of nitrogens with zero attached hydrogens (tertiary/aromatic N) is 2. The molecule has 1 atom stereocenters. The minimum Gasteiger partial charge on any atom is -0.469 e. The monoisotopic (exact) mass is 397 g/mol. The lowest BCUT2D eigenvalue weighted by molar-refractivity contribution is -0.141. The number of aromatic nitrogens is 2. The Morgan fingerprint density at radius 1 is 1.14 bits per heavy atom. The summed E-state index contributed by atoms with van der Waals surface area (Å²) in [4.78, 5) is 37.3. The normalized spacial score (nSPS) is 11.8. The van der Waals surface area contributed by atoms with Gasteiger partial charge in [-0.3, -0.25) is 14.4 Å². The number of esters is 1. The smallest absolute Gasteiger partial charge is 0.307 e. The molecule has 3 aromatic rings. The van der Waals surface area contributed by atoms with Gasteiger partial charge in [-0.1, -0.05) is 30.3 Å². The molecule has 0 bridgehead atoms. The van der Waals surface area contributed by atoms with Gasteiger partial charge in [-0.25, -0.2) is 9.07 Å². The molecule has 0 saturated heterocycles. The van der Waals surface area contributed by atoms with Gasteiger partial charge >= 0.3 is 5.97 Å². The average molecular weight is 397 g/mol. The third-order valence-electron chi connectivity index (χ3n) is 4.56. The van der Waals surface area contributed by atoms with Gasteiger partial charge in [0.2, 0.25) is 0 Å². The van der Waals surface area contributed by atoms with Crippen LogP contribution in [0.2, 0.25) is 0 Å². The van der Waals surface area contributed by atoms with E-state index in [1.807, 2.05) is 0 Å². The summed E-state index contributed by atoms with van der Waals surface area (Å²) in [7, 11) is 1.25. The molecule has 7 nitrogen and oxygen atoms in total.